The highest BCUT2D eigenvalue weighted by Gasteiger charge is 2.40. The van der Waals surface area contributed by atoms with Gasteiger partial charge in [0.25, 0.3) is 0 Å². The van der Waals surface area contributed by atoms with Crippen LogP contribution >= 0.6 is 12.2 Å². The summed E-state index contributed by atoms with van der Waals surface area (Å²) in [5, 5.41) is 10.00. The number of hydrogen-bond donors (Lipinski definition) is 2. The average Bonchev–Trinajstić information content (AvgIpc) is 3.17. The van der Waals surface area contributed by atoms with Crippen molar-refractivity contribution in [2.24, 2.45) is 16.8 Å². The molecular formula is C22H26N4O4S. The van der Waals surface area contributed by atoms with Crippen molar-refractivity contribution >= 4 is 40.3 Å². The highest BCUT2D eigenvalue weighted by molar-refractivity contribution is 7.80. The Bertz CT molecular complexity index is 1010. The van der Waals surface area contributed by atoms with Crippen LogP contribution in [0.15, 0.2) is 47.6 Å². The number of esters is 1. The zero-order valence-electron chi connectivity index (χ0n) is 17.9. The third-order valence-electron chi connectivity index (χ3n) is 5.11. The maximum atomic E-state index is 12.4. The summed E-state index contributed by atoms with van der Waals surface area (Å²) in [6.45, 7) is 2.00. The van der Waals surface area contributed by atoms with E-state index in [4.69, 9.17) is 37.3 Å². The molecule has 2 atom stereocenters. The van der Waals surface area contributed by atoms with Gasteiger partial charge in [0, 0.05) is 0 Å². The summed E-state index contributed by atoms with van der Waals surface area (Å²) in [5.41, 5.74) is 8.59. The molecule has 0 radical (unpaired) electrons. The van der Waals surface area contributed by atoms with Crippen LogP contribution in [0.2, 0.25) is 0 Å². The van der Waals surface area contributed by atoms with Crippen molar-refractivity contribution in [3.63, 3.8) is 0 Å². The lowest BCUT2D eigenvalue weighted by Crippen LogP contribution is -2.45. The van der Waals surface area contributed by atoms with Crippen molar-refractivity contribution in [1.29, 1.82) is 0 Å². The summed E-state index contributed by atoms with van der Waals surface area (Å²) in [6.07, 6.45) is 0.193. The van der Waals surface area contributed by atoms with Crippen LogP contribution in [-0.4, -0.2) is 44.2 Å². The monoisotopic (exact) mass is 442 g/mol. The summed E-state index contributed by atoms with van der Waals surface area (Å²) in [5.74, 6) is 0.347. The van der Waals surface area contributed by atoms with Crippen LogP contribution < -0.4 is 25.5 Å². The molecule has 0 saturated carbocycles. The molecule has 0 amide bonds. The quantitative estimate of drug-likeness (QED) is 0.474. The first-order valence-electron chi connectivity index (χ1n) is 9.76. The SMILES string of the molecule is CCC1=NN(c2ccccc2OC)C(Nc2ccc(OC)cc2C(=O)OC)C1C(N)=S. The van der Waals surface area contributed by atoms with Crippen LogP contribution in [0.1, 0.15) is 23.7 Å². The number of hydrazone groups is 1. The lowest BCUT2D eigenvalue weighted by atomic mass is 9.98. The zero-order valence-corrected chi connectivity index (χ0v) is 18.7. The molecule has 1 aliphatic rings. The van der Waals surface area contributed by atoms with Crippen LogP contribution in [0.4, 0.5) is 11.4 Å². The van der Waals surface area contributed by atoms with Crippen molar-refractivity contribution in [2.75, 3.05) is 31.7 Å². The Hall–Kier alpha value is -3.33. The molecule has 0 bridgehead atoms. The van der Waals surface area contributed by atoms with Crippen molar-refractivity contribution in [2.45, 2.75) is 19.5 Å². The summed E-state index contributed by atoms with van der Waals surface area (Å²) in [7, 11) is 4.47. The van der Waals surface area contributed by atoms with Crippen LogP contribution in [0.3, 0.4) is 0 Å². The van der Waals surface area contributed by atoms with E-state index in [0.717, 1.165) is 11.4 Å². The van der Waals surface area contributed by atoms with E-state index in [1.165, 1.54) is 14.2 Å². The number of methoxy groups -OCH3 is 3. The molecule has 3 rings (SSSR count). The first kappa shape index (κ1) is 22.4. The van der Waals surface area contributed by atoms with E-state index in [9.17, 15) is 4.79 Å². The summed E-state index contributed by atoms with van der Waals surface area (Å²) in [4.78, 5) is 12.7. The molecular weight excluding hydrogens is 416 g/mol. The molecule has 31 heavy (non-hydrogen) atoms. The van der Waals surface area contributed by atoms with Gasteiger partial charge in [0.2, 0.25) is 0 Å². The number of rotatable bonds is 8. The number of thiocarbonyl (C=S) groups is 1. The highest BCUT2D eigenvalue weighted by Crippen LogP contribution is 2.37. The van der Waals surface area contributed by atoms with Gasteiger partial charge in [-0.3, -0.25) is 0 Å². The normalized spacial score (nSPS) is 17.7. The molecule has 3 N–H and O–H groups in total. The Morgan fingerprint density at radius 3 is 2.55 bits per heavy atom. The number of anilines is 2. The topological polar surface area (TPSA) is 98.4 Å². The van der Waals surface area contributed by atoms with Gasteiger partial charge in [-0.05, 0) is 36.8 Å². The van der Waals surface area contributed by atoms with Gasteiger partial charge in [0.05, 0.1) is 49.2 Å². The second-order valence-electron chi connectivity index (χ2n) is 6.83. The first-order valence-corrected chi connectivity index (χ1v) is 10.2. The van der Waals surface area contributed by atoms with Gasteiger partial charge < -0.3 is 25.3 Å². The lowest BCUT2D eigenvalue weighted by Gasteiger charge is -2.30. The molecule has 0 aliphatic carbocycles. The van der Waals surface area contributed by atoms with Gasteiger partial charge in [0.15, 0.2) is 0 Å². The molecule has 1 heterocycles. The molecule has 0 saturated heterocycles. The van der Waals surface area contributed by atoms with Gasteiger partial charge in [-0.25, -0.2) is 9.80 Å². The van der Waals surface area contributed by atoms with E-state index < -0.39 is 12.1 Å². The van der Waals surface area contributed by atoms with Crippen molar-refractivity contribution < 1.29 is 19.0 Å². The molecule has 0 aromatic heterocycles. The van der Waals surface area contributed by atoms with Gasteiger partial charge >= 0.3 is 5.97 Å². The van der Waals surface area contributed by atoms with Gasteiger partial charge in [0.1, 0.15) is 23.4 Å². The second-order valence-corrected chi connectivity index (χ2v) is 7.31. The second kappa shape index (κ2) is 9.65. The number of benzene rings is 2. The number of ether oxygens (including phenoxy) is 3. The smallest absolute Gasteiger partial charge is 0.340 e. The Morgan fingerprint density at radius 2 is 1.94 bits per heavy atom. The van der Waals surface area contributed by atoms with Crippen molar-refractivity contribution in [3.05, 3.63) is 48.0 Å². The van der Waals surface area contributed by atoms with Gasteiger partial charge in [-0.2, -0.15) is 5.10 Å². The zero-order chi connectivity index (χ0) is 22.5. The Labute approximate surface area is 187 Å². The number of carbonyl (C=O) groups is 1. The molecule has 2 unspecified atom stereocenters. The minimum Gasteiger partial charge on any atom is -0.497 e. The molecule has 9 heteroatoms. The predicted octanol–water partition coefficient (Wildman–Crippen LogP) is 3.42. The molecule has 0 spiro atoms. The average molecular weight is 443 g/mol. The van der Waals surface area contributed by atoms with E-state index in [1.807, 2.05) is 31.2 Å². The van der Waals surface area contributed by atoms with E-state index >= 15 is 0 Å². The Morgan fingerprint density at radius 1 is 1.19 bits per heavy atom. The van der Waals surface area contributed by atoms with E-state index in [1.54, 1.807) is 30.3 Å². The van der Waals surface area contributed by atoms with E-state index in [0.29, 0.717) is 34.2 Å². The maximum Gasteiger partial charge on any atom is 0.340 e. The molecule has 0 fully saturated rings. The number of nitrogens with two attached hydrogens (primary N) is 1. The minimum atomic E-state index is -0.494. The van der Waals surface area contributed by atoms with Gasteiger partial charge in [-0.15, -0.1) is 0 Å². The number of nitrogens with one attached hydrogen (secondary N) is 1. The Balaban J connectivity index is 2.10. The van der Waals surface area contributed by atoms with Crippen LogP contribution in [0, 0.1) is 5.92 Å². The largest absolute Gasteiger partial charge is 0.497 e. The van der Waals surface area contributed by atoms with Crippen molar-refractivity contribution in [1.82, 2.24) is 0 Å². The fraction of sp³-hybridized carbons (Fsp3) is 0.318. The molecule has 2 aromatic rings. The third-order valence-corrected chi connectivity index (χ3v) is 5.36. The lowest BCUT2D eigenvalue weighted by molar-refractivity contribution is 0.0601. The first-order chi connectivity index (χ1) is 14.9. The van der Waals surface area contributed by atoms with Crippen LogP contribution in [-0.2, 0) is 4.74 Å². The number of nitrogens with zero attached hydrogens (tertiary/aromatic N) is 2. The number of carbonyl (C=O) groups excluding carboxylic acids is 1. The molecule has 8 nitrogen and oxygen atoms in total. The van der Waals surface area contributed by atoms with E-state index in [-0.39, 0.29) is 5.92 Å². The summed E-state index contributed by atoms with van der Waals surface area (Å²) >= 11 is 5.39. The van der Waals surface area contributed by atoms with Crippen molar-refractivity contribution in [3.8, 4) is 11.5 Å². The fourth-order valence-electron chi connectivity index (χ4n) is 3.58. The minimum absolute atomic E-state index is 0.309. The van der Waals surface area contributed by atoms with Crippen LogP contribution in [0.5, 0.6) is 11.5 Å². The summed E-state index contributed by atoms with van der Waals surface area (Å²) < 4.78 is 15.8. The van der Waals surface area contributed by atoms with E-state index in [2.05, 4.69) is 5.32 Å². The Kier molecular flexibility index (Phi) is 6.96. The molecule has 164 valence electrons. The summed E-state index contributed by atoms with van der Waals surface area (Å²) in [6, 6.07) is 12.7. The number of hydrogen-bond acceptors (Lipinski definition) is 8. The predicted molar refractivity (Wildman–Crippen MR) is 125 cm³/mol. The standard InChI is InChI=1S/C22H26N4O4S/c1-5-15-19(20(23)31)21(26(25-15)17-8-6-7-9-18(17)29-3)24-16-11-10-13(28-2)12-14(16)22(27)30-4/h6-12,19,21,24H,5H2,1-4H3,(H2,23,31). The third kappa shape index (κ3) is 4.41. The van der Waals surface area contributed by atoms with Crippen LogP contribution in [0.25, 0.3) is 0 Å². The fourth-order valence-corrected chi connectivity index (χ4v) is 3.84. The maximum absolute atomic E-state index is 12.4. The highest BCUT2D eigenvalue weighted by atomic mass is 32.1. The molecule has 2 aromatic carbocycles. The van der Waals surface area contributed by atoms with Gasteiger partial charge in [-0.1, -0.05) is 31.3 Å². The number of para-hydroxylation sites is 2. The molecule has 1 aliphatic heterocycles.